The maximum Gasteiger partial charge on any atom is 0.323 e. The summed E-state index contributed by atoms with van der Waals surface area (Å²) < 4.78 is 10.2. The van der Waals surface area contributed by atoms with Crippen molar-refractivity contribution in [1.29, 1.82) is 0 Å². The number of methoxy groups -OCH3 is 1. The monoisotopic (exact) mass is 342 g/mol. The van der Waals surface area contributed by atoms with Gasteiger partial charge >= 0.3 is 12.0 Å². The van der Waals surface area contributed by atoms with Crippen molar-refractivity contribution in [2.75, 3.05) is 24.4 Å². The van der Waals surface area contributed by atoms with Crippen molar-refractivity contribution >= 4 is 23.4 Å². The molecule has 0 atom stereocenters. The summed E-state index contributed by atoms with van der Waals surface area (Å²) in [4.78, 5) is 23.8. The van der Waals surface area contributed by atoms with E-state index in [9.17, 15) is 9.59 Å². The largest absolute Gasteiger partial charge is 0.495 e. The Hall–Kier alpha value is -3.02. The fourth-order valence-corrected chi connectivity index (χ4v) is 2.32. The van der Waals surface area contributed by atoms with E-state index in [0.29, 0.717) is 18.0 Å². The number of para-hydroxylation sites is 1. The van der Waals surface area contributed by atoms with Crippen molar-refractivity contribution < 1.29 is 19.1 Å². The summed E-state index contributed by atoms with van der Waals surface area (Å²) in [5.74, 6) is 0.171. The Balaban J connectivity index is 2.07. The number of hydrogen-bond acceptors (Lipinski definition) is 4. The second-order valence-electron chi connectivity index (χ2n) is 5.41. The number of ether oxygens (including phenoxy) is 2. The highest BCUT2D eigenvalue weighted by Gasteiger charge is 2.11. The molecule has 132 valence electrons. The first-order valence-electron chi connectivity index (χ1n) is 7.99. The van der Waals surface area contributed by atoms with Gasteiger partial charge in [-0.15, -0.1) is 0 Å². The summed E-state index contributed by atoms with van der Waals surface area (Å²) in [6.07, 6.45) is 0.153. The van der Waals surface area contributed by atoms with Gasteiger partial charge in [0, 0.05) is 5.69 Å². The molecule has 0 saturated heterocycles. The summed E-state index contributed by atoms with van der Waals surface area (Å²) in [6, 6.07) is 12.3. The fraction of sp³-hybridized carbons (Fsp3) is 0.263. The van der Waals surface area contributed by atoms with Crippen LogP contribution in [-0.4, -0.2) is 25.7 Å². The number of anilines is 2. The molecular formula is C19H22N2O4. The molecule has 0 fully saturated rings. The lowest BCUT2D eigenvalue weighted by Crippen LogP contribution is -2.20. The molecule has 0 aliphatic rings. The Morgan fingerprint density at radius 1 is 1.04 bits per heavy atom. The van der Waals surface area contributed by atoms with Crippen LogP contribution in [0, 0.1) is 6.92 Å². The lowest BCUT2D eigenvalue weighted by molar-refractivity contribution is -0.142. The maximum absolute atomic E-state index is 12.2. The molecule has 2 amide bonds. The number of rotatable bonds is 6. The van der Waals surface area contributed by atoms with Gasteiger partial charge in [0.2, 0.25) is 0 Å². The van der Waals surface area contributed by atoms with Crippen molar-refractivity contribution in [3.63, 3.8) is 0 Å². The first-order valence-corrected chi connectivity index (χ1v) is 7.99. The molecule has 6 nitrogen and oxygen atoms in total. The highest BCUT2D eigenvalue weighted by molar-refractivity contribution is 6.01. The van der Waals surface area contributed by atoms with Crippen LogP contribution in [-0.2, 0) is 16.0 Å². The lowest BCUT2D eigenvalue weighted by Gasteiger charge is -2.13. The van der Waals surface area contributed by atoms with Gasteiger partial charge in [-0.3, -0.25) is 4.79 Å². The van der Waals surface area contributed by atoms with Crippen molar-refractivity contribution in [3.8, 4) is 5.75 Å². The predicted octanol–water partition coefficient (Wildman–Crippen LogP) is 3.75. The van der Waals surface area contributed by atoms with Crippen LogP contribution in [0.1, 0.15) is 18.1 Å². The van der Waals surface area contributed by atoms with Crippen LogP contribution in [0.5, 0.6) is 5.75 Å². The average Bonchev–Trinajstić information content (AvgIpc) is 2.58. The molecule has 0 saturated carbocycles. The number of amides is 2. The summed E-state index contributed by atoms with van der Waals surface area (Å²) in [5, 5.41) is 5.55. The fourth-order valence-electron chi connectivity index (χ4n) is 2.32. The first-order chi connectivity index (χ1) is 12.0. The zero-order chi connectivity index (χ0) is 18.2. The zero-order valence-electron chi connectivity index (χ0n) is 14.6. The first kappa shape index (κ1) is 18.3. The molecule has 0 heterocycles. The van der Waals surface area contributed by atoms with E-state index in [4.69, 9.17) is 9.47 Å². The number of carbonyl (C=O) groups is 2. The molecule has 2 aromatic carbocycles. The Kier molecular flexibility index (Phi) is 6.39. The van der Waals surface area contributed by atoms with Gasteiger partial charge in [-0.2, -0.15) is 0 Å². The average molecular weight is 342 g/mol. The van der Waals surface area contributed by atoms with Crippen LogP contribution in [0.4, 0.5) is 16.2 Å². The van der Waals surface area contributed by atoms with Gasteiger partial charge in [0.05, 0.1) is 25.8 Å². The number of benzene rings is 2. The van der Waals surface area contributed by atoms with E-state index < -0.39 is 0 Å². The van der Waals surface area contributed by atoms with Crippen LogP contribution in [0.25, 0.3) is 0 Å². The molecule has 2 rings (SSSR count). The Morgan fingerprint density at radius 3 is 2.44 bits per heavy atom. The van der Waals surface area contributed by atoms with E-state index in [2.05, 4.69) is 10.6 Å². The summed E-state index contributed by atoms with van der Waals surface area (Å²) in [6.45, 7) is 4.02. The summed E-state index contributed by atoms with van der Waals surface area (Å²) >= 11 is 0. The topological polar surface area (TPSA) is 76.7 Å². The third kappa shape index (κ3) is 5.24. The van der Waals surface area contributed by atoms with E-state index in [-0.39, 0.29) is 18.4 Å². The normalized spacial score (nSPS) is 10.0. The maximum atomic E-state index is 12.2. The third-order valence-electron chi connectivity index (χ3n) is 3.56. The minimum atomic E-state index is -0.370. The number of urea groups is 1. The molecule has 6 heteroatoms. The molecule has 0 aliphatic carbocycles. The third-order valence-corrected chi connectivity index (χ3v) is 3.56. The number of aryl methyl sites for hydroxylation is 1. The van der Waals surface area contributed by atoms with Crippen LogP contribution in [0.3, 0.4) is 0 Å². The second-order valence-corrected chi connectivity index (χ2v) is 5.41. The van der Waals surface area contributed by atoms with E-state index >= 15 is 0 Å². The van der Waals surface area contributed by atoms with Crippen molar-refractivity contribution in [2.24, 2.45) is 0 Å². The smallest absolute Gasteiger partial charge is 0.323 e. The molecule has 25 heavy (non-hydrogen) atoms. The molecule has 2 N–H and O–H groups in total. The Bertz CT molecular complexity index is 759. The minimum absolute atomic E-state index is 0.153. The SMILES string of the molecule is CCOC(=O)Cc1ccc(NC(=O)Nc2ccccc2C)c(OC)c1. The number of nitrogens with one attached hydrogen (secondary N) is 2. The Morgan fingerprint density at radius 2 is 1.76 bits per heavy atom. The molecule has 0 unspecified atom stereocenters. The molecular weight excluding hydrogens is 320 g/mol. The Labute approximate surface area is 147 Å². The van der Waals surface area contributed by atoms with Gasteiger partial charge in [-0.25, -0.2) is 4.79 Å². The van der Waals surface area contributed by atoms with E-state index in [1.54, 1.807) is 25.1 Å². The van der Waals surface area contributed by atoms with Crippen molar-refractivity contribution in [2.45, 2.75) is 20.3 Å². The minimum Gasteiger partial charge on any atom is -0.495 e. The van der Waals surface area contributed by atoms with E-state index in [0.717, 1.165) is 16.8 Å². The standard InChI is InChI=1S/C19H22N2O4/c1-4-25-18(22)12-14-9-10-16(17(11-14)24-3)21-19(23)20-15-8-6-5-7-13(15)2/h5-11H,4,12H2,1-3H3,(H2,20,21,23). The predicted molar refractivity (Wildman–Crippen MR) is 97.2 cm³/mol. The van der Waals surface area contributed by atoms with Crippen molar-refractivity contribution in [3.05, 3.63) is 53.6 Å². The highest BCUT2D eigenvalue weighted by atomic mass is 16.5. The molecule has 2 aromatic rings. The molecule has 0 spiro atoms. The quantitative estimate of drug-likeness (QED) is 0.784. The molecule has 0 radical (unpaired) electrons. The molecule has 0 aliphatic heterocycles. The lowest BCUT2D eigenvalue weighted by atomic mass is 10.1. The number of hydrogen-bond donors (Lipinski definition) is 2. The summed E-state index contributed by atoms with van der Waals surface area (Å²) in [7, 11) is 1.51. The van der Waals surface area contributed by atoms with Gasteiger partial charge in [0.15, 0.2) is 0 Å². The van der Waals surface area contributed by atoms with Crippen LogP contribution in [0.2, 0.25) is 0 Å². The van der Waals surface area contributed by atoms with Crippen molar-refractivity contribution in [1.82, 2.24) is 0 Å². The van der Waals surface area contributed by atoms with Gasteiger partial charge < -0.3 is 20.1 Å². The van der Waals surface area contributed by atoms with Gasteiger partial charge in [0.1, 0.15) is 5.75 Å². The van der Waals surface area contributed by atoms with E-state index in [1.165, 1.54) is 7.11 Å². The summed E-state index contributed by atoms with van der Waals surface area (Å²) in [5.41, 5.74) is 2.97. The van der Waals surface area contributed by atoms with Crippen LogP contribution >= 0.6 is 0 Å². The zero-order valence-corrected chi connectivity index (χ0v) is 14.6. The highest BCUT2D eigenvalue weighted by Crippen LogP contribution is 2.26. The number of esters is 1. The van der Waals surface area contributed by atoms with Gasteiger partial charge in [-0.1, -0.05) is 24.3 Å². The van der Waals surface area contributed by atoms with Crippen LogP contribution in [0.15, 0.2) is 42.5 Å². The van der Waals surface area contributed by atoms with Gasteiger partial charge in [-0.05, 0) is 43.2 Å². The number of carbonyl (C=O) groups excluding carboxylic acids is 2. The second kappa shape index (κ2) is 8.73. The van der Waals surface area contributed by atoms with Gasteiger partial charge in [0.25, 0.3) is 0 Å². The molecule has 0 bridgehead atoms. The molecule has 0 aromatic heterocycles. The van der Waals surface area contributed by atoms with Crippen LogP contribution < -0.4 is 15.4 Å². The van der Waals surface area contributed by atoms with E-state index in [1.807, 2.05) is 31.2 Å².